The Morgan fingerprint density at radius 3 is 2.11 bits per heavy atom. The molecule has 12 nitrogen and oxygen atoms in total. The van der Waals surface area contributed by atoms with Crippen LogP contribution in [0, 0.1) is 35.5 Å². The first kappa shape index (κ1) is 48.2. The number of benzene rings is 1. The molecular formula is C45H74N4O8. The molecule has 3 rings (SSSR count). The summed E-state index contributed by atoms with van der Waals surface area (Å²) in [7, 11) is 6.71. The zero-order valence-corrected chi connectivity index (χ0v) is 36.8. The number of nitrogens with one attached hydrogen (secondary N) is 1. The predicted octanol–water partition coefficient (Wildman–Crippen LogP) is 5.75. The number of ketones is 2. The fourth-order valence-electron chi connectivity index (χ4n) is 8.97. The summed E-state index contributed by atoms with van der Waals surface area (Å²) in [4.78, 5) is 79.1. The van der Waals surface area contributed by atoms with Crippen LogP contribution in [0.1, 0.15) is 105 Å². The van der Waals surface area contributed by atoms with Gasteiger partial charge in [0.15, 0.2) is 5.78 Å². The number of hydrogen-bond acceptors (Lipinski definition) is 9. The van der Waals surface area contributed by atoms with Crippen molar-refractivity contribution in [2.24, 2.45) is 35.5 Å². The van der Waals surface area contributed by atoms with Gasteiger partial charge in [-0.05, 0) is 62.5 Å². The van der Waals surface area contributed by atoms with E-state index >= 15 is 0 Å². The van der Waals surface area contributed by atoms with Crippen molar-refractivity contribution in [2.45, 2.75) is 137 Å². The van der Waals surface area contributed by atoms with Crippen molar-refractivity contribution in [1.82, 2.24) is 20.2 Å². The third kappa shape index (κ3) is 12.9. The Bertz CT molecular complexity index is 1430. The predicted molar refractivity (Wildman–Crippen MR) is 222 cm³/mol. The van der Waals surface area contributed by atoms with Crippen molar-refractivity contribution in [1.29, 1.82) is 0 Å². The minimum absolute atomic E-state index is 0.00144. The maximum atomic E-state index is 14.3. The summed E-state index contributed by atoms with van der Waals surface area (Å²) in [5.74, 6) is -2.17. The molecule has 2 heterocycles. The molecule has 2 aliphatic heterocycles. The molecule has 1 aromatic rings. The number of likely N-dealkylation sites (N-methyl/N-ethyl adjacent to an activating group) is 2. The van der Waals surface area contributed by atoms with Gasteiger partial charge in [0.25, 0.3) is 0 Å². The van der Waals surface area contributed by atoms with Gasteiger partial charge in [-0.3, -0.25) is 28.8 Å². The van der Waals surface area contributed by atoms with Crippen molar-refractivity contribution in [3.05, 3.63) is 35.9 Å². The molecule has 9 atom stereocenters. The molecule has 0 spiro atoms. The van der Waals surface area contributed by atoms with Crippen LogP contribution in [0.25, 0.3) is 0 Å². The van der Waals surface area contributed by atoms with Gasteiger partial charge in [-0.2, -0.15) is 0 Å². The van der Waals surface area contributed by atoms with Gasteiger partial charge >= 0.3 is 0 Å². The summed E-state index contributed by atoms with van der Waals surface area (Å²) in [5.41, 5.74) is 0.974. The van der Waals surface area contributed by atoms with Gasteiger partial charge in [0.2, 0.25) is 17.7 Å². The van der Waals surface area contributed by atoms with Crippen molar-refractivity contribution in [3.8, 4) is 0 Å². The van der Waals surface area contributed by atoms with Gasteiger partial charge < -0.3 is 24.6 Å². The molecule has 0 radical (unpaired) electrons. The minimum atomic E-state index is -0.603. The molecule has 2 fully saturated rings. The van der Waals surface area contributed by atoms with E-state index in [0.717, 1.165) is 31.2 Å². The maximum Gasteiger partial charge on any atom is 0.250 e. The van der Waals surface area contributed by atoms with E-state index in [1.807, 2.05) is 69.9 Å². The smallest absolute Gasteiger partial charge is 0.250 e. The summed E-state index contributed by atoms with van der Waals surface area (Å²) in [6.07, 6.45) is 3.39. The largest absolute Gasteiger partial charge is 0.379 e. The number of carbonyl (C=O) groups is 5. The number of carbonyl (C=O) groups excluding carboxylic acids is 5. The molecule has 2 saturated heterocycles. The first-order chi connectivity index (χ1) is 27.1. The summed E-state index contributed by atoms with van der Waals surface area (Å²) in [6.45, 7) is 15.4. The quantitative estimate of drug-likeness (QED) is 0.147. The number of amides is 3. The second-order valence-electron chi connectivity index (χ2n) is 17.2. The zero-order valence-electron chi connectivity index (χ0n) is 36.8. The van der Waals surface area contributed by atoms with E-state index in [2.05, 4.69) is 19.2 Å². The molecule has 0 saturated carbocycles. The van der Waals surface area contributed by atoms with Crippen LogP contribution < -0.4 is 5.32 Å². The monoisotopic (exact) mass is 799 g/mol. The molecule has 0 unspecified atom stereocenters. The molecule has 12 heteroatoms. The van der Waals surface area contributed by atoms with E-state index in [0.29, 0.717) is 32.5 Å². The van der Waals surface area contributed by atoms with E-state index in [1.54, 1.807) is 33.2 Å². The number of hydroxylamine groups is 2. The normalized spacial score (nSPS) is 20.4. The van der Waals surface area contributed by atoms with Gasteiger partial charge in [-0.15, -0.1) is 0 Å². The molecule has 2 aliphatic rings. The molecular weight excluding hydrogens is 725 g/mol. The third-order valence-electron chi connectivity index (χ3n) is 12.6. The van der Waals surface area contributed by atoms with Crippen LogP contribution in [-0.2, 0) is 44.7 Å². The number of methoxy groups -OCH3 is 2. The first-order valence-electron chi connectivity index (χ1n) is 21.4. The Labute approximate surface area is 343 Å². The third-order valence-corrected chi connectivity index (χ3v) is 12.6. The fraction of sp³-hybridized carbons (Fsp3) is 0.756. The van der Waals surface area contributed by atoms with Gasteiger partial charge in [0.05, 0.1) is 49.3 Å². The number of hydrogen-bond donors (Lipinski definition) is 1. The van der Waals surface area contributed by atoms with Gasteiger partial charge in [0, 0.05) is 59.0 Å². The Morgan fingerprint density at radius 1 is 0.877 bits per heavy atom. The fourth-order valence-corrected chi connectivity index (χ4v) is 8.97. The van der Waals surface area contributed by atoms with E-state index < -0.39 is 36.0 Å². The van der Waals surface area contributed by atoms with Crippen molar-refractivity contribution < 1.29 is 38.3 Å². The van der Waals surface area contributed by atoms with Gasteiger partial charge in [0.1, 0.15) is 5.78 Å². The molecule has 0 aromatic heterocycles. The Kier molecular flexibility index (Phi) is 19.8. The second kappa shape index (κ2) is 23.4. The van der Waals surface area contributed by atoms with Crippen LogP contribution in [0.4, 0.5) is 0 Å². The van der Waals surface area contributed by atoms with Crippen molar-refractivity contribution >= 4 is 29.3 Å². The molecule has 3 amide bonds. The highest BCUT2D eigenvalue weighted by Gasteiger charge is 2.43. The average Bonchev–Trinajstić information content (AvgIpc) is 3.69. The number of rotatable bonds is 23. The van der Waals surface area contributed by atoms with Crippen LogP contribution in [0.15, 0.2) is 30.3 Å². The Morgan fingerprint density at radius 2 is 1.56 bits per heavy atom. The highest BCUT2D eigenvalue weighted by molar-refractivity contribution is 5.90. The van der Waals surface area contributed by atoms with E-state index in [4.69, 9.17) is 14.3 Å². The minimum Gasteiger partial charge on any atom is -0.379 e. The van der Waals surface area contributed by atoms with Gasteiger partial charge in [-0.25, -0.2) is 5.06 Å². The zero-order chi connectivity index (χ0) is 42.4. The topological polar surface area (TPSA) is 135 Å². The lowest BCUT2D eigenvalue weighted by atomic mass is 9.84. The average molecular weight is 799 g/mol. The lowest BCUT2D eigenvalue weighted by Gasteiger charge is -2.41. The molecule has 57 heavy (non-hydrogen) atoms. The molecule has 1 N–H and O–H groups in total. The van der Waals surface area contributed by atoms with E-state index in [9.17, 15) is 24.0 Å². The Balaban J connectivity index is 1.79. The second-order valence-corrected chi connectivity index (χ2v) is 17.2. The highest BCUT2D eigenvalue weighted by atomic mass is 16.7. The highest BCUT2D eigenvalue weighted by Crippen LogP contribution is 2.32. The number of nitrogens with zero attached hydrogens (tertiary/aromatic N) is 3. The van der Waals surface area contributed by atoms with Crippen molar-refractivity contribution in [2.75, 3.05) is 48.0 Å². The lowest BCUT2D eigenvalue weighted by Crippen LogP contribution is -2.54. The SMILES string of the molecule is CC[C@H](C)[C@@H]([C@@H](CC(=O)N1CCC[C@H]1[C@H](OC)[C@@H](C)C(=O)C[C@H](Cc1ccccc1)C(=O)N1CCCCO1)OC)N(C)C(=O)[C@@H](CC(=O)[C@@H](NC)C(C)C)C(C)C. The maximum absolute atomic E-state index is 14.3. The van der Waals surface area contributed by atoms with Crippen molar-refractivity contribution in [3.63, 3.8) is 0 Å². The summed E-state index contributed by atoms with van der Waals surface area (Å²) in [5, 5.41) is 4.55. The molecule has 322 valence electrons. The summed E-state index contributed by atoms with van der Waals surface area (Å²) >= 11 is 0. The summed E-state index contributed by atoms with van der Waals surface area (Å²) in [6, 6.07) is 8.63. The molecule has 1 aromatic carbocycles. The molecule has 0 aliphatic carbocycles. The first-order valence-corrected chi connectivity index (χ1v) is 21.4. The standard InChI is InChI=1S/C45H74N4O8/c1-12-31(6)42(47(9)45(54)35(29(2)3)27-38(51)41(46-8)30(4)5)39(55-10)28-40(52)48-22-18-21-36(48)43(56-11)32(7)37(50)26-34(25-33-19-14-13-15-20-33)44(53)49-23-16-17-24-57-49/h13-15,19-20,29-32,34-36,39,41-43,46H,12,16-18,21-28H2,1-11H3/t31-,32-,34-,35-,36-,39+,41-,42-,43+/m0/s1. The van der Waals surface area contributed by atoms with Crippen LogP contribution in [-0.4, -0.2) is 122 Å². The van der Waals surface area contributed by atoms with E-state index in [1.165, 1.54) is 5.06 Å². The number of Topliss-reactive ketones (excluding diaryl/α,β-unsaturated/α-hetero) is 2. The van der Waals surface area contributed by atoms with E-state index in [-0.39, 0.29) is 78.4 Å². The number of ether oxygens (including phenoxy) is 2. The molecule has 0 bridgehead atoms. The van der Waals surface area contributed by atoms with Crippen LogP contribution in [0.3, 0.4) is 0 Å². The summed E-state index contributed by atoms with van der Waals surface area (Å²) < 4.78 is 12.1. The number of likely N-dealkylation sites (tertiary alicyclic amines) is 1. The Hall–Kier alpha value is -3.19. The van der Waals surface area contributed by atoms with Crippen LogP contribution in [0.5, 0.6) is 0 Å². The lowest BCUT2D eigenvalue weighted by molar-refractivity contribution is -0.201. The van der Waals surface area contributed by atoms with Crippen LogP contribution in [0.2, 0.25) is 0 Å². The van der Waals surface area contributed by atoms with Gasteiger partial charge in [-0.1, -0.05) is 85.2 Å². The van der Waals surface area contributed by atoms with Crippen LogP contribution >= 0.6 is 0 Å².